The van der Waals surface area contributed by atoms with Crippen LogP contribution in [0.2, 0.25) is 0 Å². The van der Waals surface area contributed by atoms with E-state index in [1.54, 1.807) is 12.2 Å². The SMILES string of the molecule is O=C(O)CCC/C=C\C[C@H]1[C@@H](O)CO[C@@H]1/C=C/[C@H](O)COc1ccccc1. The molecule has 0 aliphatic carbocycles. The van der Waals surface area contributed by atoms with Crippen LogP contribution in [0.5, 0.6) is 5.75 Å². The fourth-order valence-electron chi connectivity index (χ4n) is 2.90. The molecule has 0 spiro atoms. The van der Waals surface area contributed by atoms with Crippen molar-refractivity contribution in [2.45, 2.75) is 44.0 Å². The van der Waals surface area contributed by atoms with Crippen LogP contribution in [0.3, 0.4) is 0 Å². The van der Waals surface area contributed by atoms with Gasteiger partial charge in [0.2, 0.25) is 0 Å². The molecule has 1 aromatic carbocycles. The normalized spacial score (nSPS) is 23.9. The first-order valence-electron chi connectivity index (χ1n) is 9.27. The first-order valence-corrected chi connectivity index (χ1v) is 9.27. The molecule has 0 radical (unpaired) electrons. The van der Waals surface area contributed by atoms with Crippen molar-refractivity contribution in [3.8, 4) is 5.75 Å². The van der Waals surface area contributed by atoms with Crippen molar-refractivity contribution in [1.82, 2.24) is 0 Å². The minimum Gasteiger partial charge on any atom is -0.491 e. The molecular weight excluding hydrogens is 348 g/mol. The molecule has 1 heterocycles. The lowest BCUT2D eigenvalue weighted by Gasteiger charge is -2.16. The highest BCUT2D eigenvalue weighted by atomic mass is 16.5. The van der Waals surface area contributed by atoms with Gasteiger partial charge in [0.1, 0.15) is 18.5 Å². The fraction of sp³-hybridized carbons (Fsp3) is 0.476. The number of benzene rings is 1. The van der Waals surface area contributed by atoms with Gasteiger partial charge in [0.05, 0.1) is 18.8 Å². The van der Waals surface area contributed by atoms with Crippen molar-refractivity contribution in [3.05, 3.63) is 54.6 Å². The standard InChI is InChI=1S/C21H28O6/c22-16(14-26-17-8-4-3-5-9-17)12-13-20-18(19(23)15-27-20)10-6-1-2-7-11-21(24)25/h1,3-6,8-9,12-13,16,18-20,22-23H,2,7,10-11,14-15H2,(H,24,25)/b6-1-,13-12+/t16-,18-,19-,20+/m0/s1. The number of ether oxygens (including phenoxy) is 2. The van der Waals surface area contributed by atoms with Gasteiger partial charge in [0.25, 0.3) is 0 Å². The predicted molar refractivity (Wildman–Crippen MR) is 102 cm³/mol. The van der Waals surface area contributed by atoms with Crippen molar-refractivity contribution in [1.29, 1.82) is 0 Å². The average Bonchev–Trinajstić information content (AvgIpc) is 3.01. The van der Waals surface area contributed by atoms with E-state index in [2.05, 4.69) is 0 Å². The monoisotopic (exact) mass is 376 g/mol. The van der Waals surface area contributed by atoms with Gasteiger partial charge in [-0.25, -0.2) is 0 Å². The van der Waals surface area contributed by atoms with Gasteiger partial charge in [-0.2, -0.15) is 0 Å². The smallest absolute Gasteiger partial charge is 0.303 e. The summed E-state index contributed by atoms with van der Waals surface area (Å²) in [4.78, 5) is 10.5. The van der Waals surface area contributed by atoms with E-state index in [1.807, 2.05) is 42.5 Å². The number of aliphatic carboxylic acids is 1. The maximum absolute atomic E-state index is 10.5. The van der Waals surface area contributed by atoms with Gasteiger partial charge in [-0.05, 0) is 31.4 Å². The zero-order chi connectivity index (χ0) is 19.5. The molecule has 27 heavy (non-hydrogen) atoms. The van der Waals surface area contributed by atoms with Crippen LogP contribution < -0.4 is 4.74 Å². The van der Waals surface area contributed by atoms with Crippen LogP contribution in [0, 0.1) is 5.92 Å². The van der Waals surface area contributed by atoms with Gasteiger partial charge >= 0.3 is 5.97 Å². The molecule has 1 saturated heterocycles. The number of carbonyl (C=O) groups is 1. The van der Waals surface area contributed by atoms with E-state index in [-0.39, 0.29) is 31.7 Å². The second kappa shape index (κ2) is 11.5. The fourth-order valence-corrected chi connectivity index (χ4v) is 2.90. The molecule has 1 fully saturated rings. The average molecular weight is 376 g/mol. The van der Waals surface area contributed by atoms with Crippen LogP contribution in [0.1, 0.15) is 25.7 Å². The molecule has 1 aliphatic rings. The Kier molecular flexibility index (Phi) is 9.04. The van der Waals surface area contributed by atoms with Crippen LogP contribution in [-0.4, -0.2) is 52.8 Å². The molecule has 0 amide bonds. The molecule has 6 nitrogen and oxygen atoms in total. The van der Waals surface area contributed by atoms with E-state index >= 15 is 0 Å². The van der Waals surface area contributed by atoms with E-state index in [4.69, 9.17) is 14.6 Å². The highest BCUT2D eigenvalue weighted by molar-refractivity contribution is 5.66. The van der Waals surface area contributed by atoms with Crippen molar-refractivity contribution < 1.29 is 29.6 Å². The number of carboxylic acid groups (broad SMARTS) is 1. The lowest BCUT2D eigenvalue weighted by atomic mass is 9.94. The molecule has 148 valence electrons. The number of carboxylic acids is 1. The Morgan fingerprint density at radius 1 is 1.30 bits per heavy atom. The summed E-state index contributed by atoms with van der Waals surface area (Å²) in [6.07, 6.45) is 7.83. The predicted octanol–water partition coefficient (Wildman–Crippen LogP) is 2.56. The zero-order valence-electron chi connectivity index (χ0n) is 15.3. The number of aliphatic hydroxyl groups is 2. The van der Waals surface area contributed by atoms with Crippen LogP contribution in [0.25, 0.3) is 0 Å². The summed E-state index contributed by atoms with van der Waals surface area (Å²) in [5, 5.41) is 28.8. The van der Waals surface area contributed by atoms with E-state index < -0.39 is 18.2 Å². The molecule has 0 aromatic heterocycles. The molecule has 3 N–H and O–H groups in total. The maximum Gasteiger partial charge on any atom is 0.303 e. The molecule has 6 heteroatoms. The van der Waals surface area contributed by atoms with Gasteiger partial charge in [0, 0.05) is 12.3 Å². The highest BCUT2D eigenvalue weighted by Gasteiger charge is 2.33. The molecule has 0 saturated carbocycles. The molecule has 0 bridgehead atoms. The quantitative estimate of drug-likeness (QED) is 0.406. The molecule has 2 rings (SSSR count). The third-order valence-electron chi connectivity index (χ3n) is 4.40. The minimum absolute atomic E-state index is 0.0841. The second-order valence-electron chi connectivity index (χ2n) is 6.60. The Morgan fingerprint density at radius 3 is 2.81 bits per heavy atom. The summed E-state index contributed by atoms with van der Waals surface area (Å²) in [5.41, 5.74) is 0. The lowest BCUT2D eigenvalue weighted by molar-refractivity contribution is -0.137. The molecular formula is C21H28O6. The van der Waals surface area contributed by atoms with E-state index in [1.165, 1.54) is 0 Å². The summed E-state index contributed by atoms with van der Waals surface area (Å²) in [5.74, 6) is -0.175. The summed E-state index contributed by atoms with van der Waals surface area (Å²) >= 11 is 0. The number of hydrogen-bond acceptors (Lipinski definition) is 5. The third kappa shape index (κ3) is 7.95. The van der Waals surface area contributed by atoms with Crippen LogP contribution in [0.15, 0.2) is 54.6 Å². The number of aliphatic hydroxyl groups excluding tert-OH is 2. The highest BCUT2D eigenvalue weighted by Crippen LogP contribution is 2.26. The van der Waals surface area contributed by atoms with Crippen molar-refractivity contribution in [2.24, 2.45) is 5.92 Å². The summed E-state index contributed by atoms with van der Waals surface area (Å²) < 4.78 is 11.1. The molecule has 1 aliphatic heterocycles. The van der Waals surface area contributed by atoms with Crippen LogP contribution >= 0.6 is 0 Å². The molecule has 1 aromatic rings. The lowest BCUT2D eigenvalue weighted by Crippen LogP contribution is -2.23. The van der Waals surface area contributed by atoms with Crippen LogP contribution in [-0.2, 0) is 9.53 Å². The largest absolute Gasteiger partial charge is 0.491 e. The van der Waals surface area contributed by atoms with E-state index in [9.17, 15) is 15.0 Å². The van der Waals surface area contributed by atoms with Gasteiger partial charge in [-0.3, -0.25) is 4.79 Å². The third-order valence-corrected chi connectivity index (χ3v) is 4.40. The summed E-state index contributed by atoms with van der Waals surface area (Å²) in [6, 6.07) is 9.28. The Labute approximate surface area is 159 Å². The van der Waals surface area contributed by atoms with Gasteiger partial charge < -0.3 is 24.8 Å². The first-order chi connectivity index (χ1) is 13.1. The Morgan fingerprint density at radius 2 is 2.07 bits per heavy atom. The number of rotatable bonds is 11. The number of allylic oxidation sites excluding steroid dienone is 2. The van der Waals surface area contributed by atoms with Crippen molar-refractivity contribution in [2.75, 3.05) is 13.2 Å². The minimum atomic E-state index is -0.789. The van der Waals surface area contributed by atoms with Crippen molar-refractivity contribution >= 4 is 5.97 Å². The van der Waals surface area contributed by atoms with E-state index in [0.717, 1.165) is 0 Å². The molecule has 4 atom stereocenters. The van der Waals surface area contributed by atoms with Crippen LogP contribution in [0.4, 0.5) is 0 Å². The Bertz CT molecular complexity index is 612. The zero-order valence-corrected chi connectivity index (χ0v) is 15.3. The number of unbranched alkanes of at least 4 members (excludes halogenated alkanes) is 1. The maximum atomic E-state index is 10.5. The summed E-state index contributed by atoms with van der Waals surface area (Å²) in [6.45, 7) is 0.410. The topological polar surface area (TPSA) is 96.2 Å². The van der Waals surface area contributed by atoms with Gasteiger partial charge in [0.15, 0.2) is 0 Å². The number of hydrogen-bond donors (Lipinski definition) is 3. The second-order valence-corrected chi connectivity index (χ2v) is 6.60. The summed E-state index contributed by atoms with van der Waals surface area (Å²) in [7, 11) is 0. The van der Waals surface area contributed by atoms with Gasteiger partial charge in [-0.15, -0.1) is 0 Å². The van der Waals surface area contributed by atoms with Gasteiger partial charge in [-0.1, -0.05) is 42.5 Å². The van der Waals surface area contributed by atoms with E-state index in [0.29, 0.717) is 25.0 Å². The molecule has 0 unspecified atom stereocenters. The number of para-hydroxylation sites is 1. The first kappa shape index (κ1) is 21.2. The Balaban J connectivity index is 1.75. The Hall–Kier alpha value is -2.15. The van der Waals surface area contributed by atoms with Crippen molar-refractivity contribution in [3.63, 3.8) is 0 Å².